The lowest BCUT2D eigenvalue weighted by atomic mass is 10.1. The number of nitrogens with one attached hydrogen (secondary N) is 1. The van der Waals surface area contributed by atoms with Gasteiger partial charge in [0.1, 0.15) is 0 Å². The van der Waals surface area contributed by atoms with Crippen molar-refractivity contribution in [3.63, 3.8) is 0 Å². The minimum Gasteiger partial charge on any atom is -0.322 e. The van der Waals surface area contributed by atoms with Gasteiger partial charge in [-0.3, -0.25) is 14.4 Å². The van der Waals surface area contributed by atoms with Crippen LogP contribution < -0.4 is 10.5 Å². The molecule has 3 aromatic rings. The van der Waals surface area contributed by atoms with Gasteiger partial charge in [-0.2, -0.15) is 0 Å². The smallest absolute Gasteiger partial charge is 0.268 e. The van der Waals surface area contributed by atoms with Crippen LogP contribution in [-0.2, 0) is 0 Å². The van der Waals surface area contributed by atoms with Crippen LogP contribution in [0.2, 0.25) is 0 Å². The molecular weight excluding hydrogens is 328 g/mol. The van der Waals surface area contributed by atoms with Crippen molar-refractivity contribution in [2.24, 2.45) is 0 Å². The summed E-state index contributed by atoms with van der Waals surface area (Å²) in [5, 5.41) is 0. The molecule has 2 aromatic carbocycles. The highest BCUT2D eigenvalue weighted by atomic mass is 16.2. The molecular formula is C21H14N2O3. The van der Waals surface area contributed by atoms with Crippen LogP contribution in [0.4, 0.5) is 5.69 Å². The van der Waals surface area contributed by atoms with Crippen molar-refractivity contribution in [1.82, 2.24) is 4.98 Å². The van der Waals surface area contributed by atoms with E-state index in [2.05, 4.69) is 4.98 Å². The van der Waals surface area contributed by atoms with Crippen molar-refractivity contribution in [3.8, 4) is 0 Å². The molecule has 4 rings (SSSR count). The molecule has 1 aromatic heterocycles. The highest BCUT2D eigenvalue weighted by Gasteiger charge is 2.38. The summed E-state index contributed by atoms with van der Waals surface area (Å²) in [5.41, 5.74) is 1.63. The first kappa shape index (κ1) is 15.8. The molecule has 26 heavy (non-hydrogen) atoms. The number of nitrogens with zero attached hydrogens (tertiary/aromatic N) is 1. The van der Waals surface area contributed by atoms with E-state index in [0.29, 0.717) is 11.4 Å². The third-order valence-corrected chi connectivity index (χ3v) is 4.18. The average molecular weight is 342 g/mol. The first-order valence-electron chi connectivity index (χ1n) is 8.09. The van der Waals surface area contributed by atoms with Crippen LogP contribution >= 0.6 is 0 Å². The number of aromatic nitrogens is 1. The van der Waals surface area contributed by atoms with Gasteiger partial charge in [-0.15, -0.1) is 0 Å². The Kier molecular flexibility index (Phi) is 3.82. The topological polar surface area (TPSA) is 70.2 Å². The number of H-pyrrole nitrogens is 1. The van der Waals surface area contributed by atoms with E-state index in [1.165, 1.54) is 6.07 Å². The van der Waals surface area contributed by atoms with E-state index in [1.807, 2.05) is 30.3 Å². The normalized spacial score (nSPS) is 13.5. The van der Waals surface area contributed by atoms with Crippen LogP contribution in [-0.4, -0.2) is 16.8 Å². The number of hydrogen-bond acceptors (Lipinski definition) is 3. The second-order valence-electron chi connectivity index (χ2n) is 5.86. The monoisotopic (exact) mass is 342 g/mol. The molecule has 5 nitrogen and oxygen atoms in total. The van der Waals surface area contributed by atoms with Gasteiger partial charge in [-0.25, -0.2) is 4.90 Å². The lowest BCUT2D eigenvalue weighted by Crippen LogP contribution is -2.29. The molecule has 0 aliphatic carbocycles. The number of pyridine rings is 1. The van der Waals surface area contributed by atoms with Gasteiger partial charge in [0, 0.05) is 6.07 Å². The number of rotatable bonds is 3. The van der Waals surface area contributed by atoms with E-state index in [-0.39, 0.29) is 11.1 Å². The predicted molar refractivity (Wildman–Crippen MR) is 100 cm³/mol. The number of carbonyl (C=O) groups excluding carboxylic acids is 2. The Labute approximate surface area is 149 Å². The average Bonchev–Trinajstić information content (AvgIpc) is 2.92. The maximum absolute atomic E-state index is 12.9. The van der Waals surface area contributed by atoms with Crippen molar-refractivity contribution in [1.29, 1.82) is 0 Å². The van der Waals surface area contributed by atoms with Crippen LogP contribution in [0.5, 0.6) is 0 Å². The summed E-state index contributed by atoms with van der Waals surface area (Å²) in [6.45, 7) is 0. The van der Waals surface area contributed by atoms with Gasteiger partial charge in [0.25, 0.3) is 11.8 Å². The second kappa shape index (κ2) is 6.29. The number of imide groups is 1. The Morgan fingerprint density at radius 2 is 1.42 bits per heavy atom. The van der Waals surface area contributed by atoms with E-state index < -0.39 is 17.4 Å². The first-order chi connectivity index (χ1) is 12.6. The summed E-state index contributed by atoms with van der Waals surface area (Å²) < 4.78 is 0. The summed E-state index contributed by atoms with van der Waals surface area (Å²) in [6.07, 6.45) is 3.43. The third kappa shape index (κ3) is 2.65. The number of para-hydroxylation sites is 1. The van der Waals surface area contributed by atoms with Gasteiger partial charge >= 0.3 is 0 Å². The summed E-state index contributed by atoms with van der Waals surface area (Å²) in [5.74, 6) is -0.933. The number of anilines is 1. The van der Waals surface area contributed by atoms with Crippen LogP contribution in [0, 0.1) is 0 Å². The molecule has 2 heterocycles. The van der Waals surface area contributed by atoms with E-state index in [0.717, 1.165) is 10.5 Å². The summed E-state index contributed by atoms with van der Waals surface area (Å²) in [7, 11) is 0. The highest BCUT2D eigenvalue weighted by Crippen LogP contribution is 2.29. The summed E-state index contributed by atoms with van der Waals surface area (Å²) in [6, 6.07) is 19.3. The highest BCUT2D eigenvalue weighted by molar-refractivity contribution is 6.35. The Bertz CT molecular complexity index is 1080. The Morgan fingerprint density at radius 3 is 2.12 bits per heavy atom. The Balaban J connectivity index is 1.81. The number of amides is 2. The quantitative estimate of drug-likeness (QED) is 0.742. The predicted octanol–water partition coefficient (Wildman–Crippen LogP) is 3.35. The van der Waals surface area contributed by atoms with Gasteiger partial charge in [0.05, 0.1) is 22.5 Å². The molecule has 0 atom stereocenters. The lowest BCUT2D eigenvalue weighted by molar-refractivity contribution is 0.0926. The maximum atomic E-state index is 12.9. The number of aromatic amines is 1. The van der Waals surface area contributed by atoms with E-state index in [1.54, 1.807) is 42.5 Å². The van der Waals surface area contributed by atoms with Crippen LogP contribution in [0.1, 0.15) is 32.0 Å². The van der Waals surface area contributed by atoms with Crippen LogP contribution in [0.3, 0.4) is 0 Å². The standard InChI is InChI=1S/C21H14N2O3/c24-18-13-16-19(17(22-18)12-11-14-7-3-1-4-8-14)21(26)23(20(16)25)15-9-5-2-6-10-15/h1-13H,(H,22,24)/b12-11+. The first-order valence-corrected chi connectivity index (χ1v) is 8.09. The van der Waals surface area contributed by atoms with Crippen molar-refractivity contribution < 1.29 is 9.59 Å². The number of fused-ring (bicyclic) bond motifs is 1. The zero-order chi connectivity index (χ0) is 18.1. The van der Waals surface area contributed by atoms with Gasteiger partial charge in [-0.05, 0) is 23.8 Å². The van der Waals surface area contributed by atoms with Crippen LogP contribution in [0.15, 0.2) is 71.5 Å². The molecule has 2 amide bonds. The fourth-order valence-corrected chi connectivity index (χ4v) is 2.98. The second-order valence-corrected chi connectivity index (χ2v) is 5.86. The Hall–Kier alpha value is -3.73. The third-order valence-electron chi connectivity index (χ3n) is 4.18. The zero-order valence-corrected chi connectivity index (χ0v) is 13.7. The molecule has 0 saturated carbocycles. The molecule has 0 saturated heterocycles. The maximum Gasteiger partial charge on any atom is 0.268 e. The number of hydrogen-bond donors (Lipinski definition) is 1. The van der Waals surface area contributed by atoms with E-state index in [4.69, 9.17) is 0 Å². The zero-order valence-electron chi connectivity index (χ0n) is 13.7. The molecule has 1 aliphatic heterocycles. The van der Waals surface area contributed by atoms with Crippen LogP contribution in [0.25, 0.3) is 12.2 Å². The van der Waals surface area contributed by atoms with Gasteiger partial charge in [-0.1, -0.05) is 54.6 Å². The van der Waals surface area contributed by atoms with E-state index in [9.17, 15) is 14.4 Å². The van der Waals surface area contributed by atoms with Crippen molar-refractivity contribution >= 4 is 29.7 Å². The summed E-state index contributed by atoms with van der Waals surface area (Å²) in [4.78, 5) is 41.4. The molecule has 0 fully saturated rings. The molecule has 1 aliphatic rings. The fraction of sp³-hybridized carbons (Fsp3) is 0. The van der Waals surface area contributed by atoms with Gasteiger partial charge < -0.3 is 4.98 Å². The van der Waals surface area contributed by atoms with E-state index >= 15 is 0 Å². The van der Waals surface area contributed by atoms with Gasteiger partial charge in [0.2, 0.25) is 5.56 Å². The molecule has 0 bridgehead atoms. The molecule has 1 N–H and O–H groups in total. The largest absolute Gasteiger partial charge is 0.322 e. The fourth-order valence-electron chi connectivity index (χ4n) is 2.98. The molecule has 0 spiro atoms. The molecule has 0 radical (unpaired) electrons. The van der Waals surface area contributed by atoms with Gasteiger partial charge in [0.15, 0.2) is 0 Å². The van der Waals surface area contributed by atoms with Crippen molar-refractivity contribution in [2.45, 2.75) is 0 Å². The van der Waals surface area contributed by atoms with Crippen molar-refractivity contribution in [2.75, 3.05) is 4.90 Å². The lowest BCUT2D eigenvalue weighted by Gasteiger charge is -2.13. The SMILES string of the molecule is O=C1c2cc(=O)[nH]c(/C=C/c3ccccc3)c2C(=O)N1c1ccccc1. The van der Waals surface area contributed by atoms with Crippen molar-refractivity contribution in [3.05, 3.63) is 99.5 Å². The molecule has 126 valence electrons. The molecule has 0 unspecified atom stereocenters. The minimum atomic E-state index is -0.489. The number of carbonyl (C=O) groups is 2. The molecule has 5 heteroatoms. The Morgan fingerprint density at radius 1 is 0.769 bits per heavy atom. The number of benzene rings is 2. The minimum absolute atomic E-state index is 0.121. The summed E-state index contributed by atoms with van der Waals surface area (Å²) >= 11 is 0.